The average Bonchev–Trinajstić information content (AvgIpc) is 3.19. The van der Waals surface area contributed by atoms with E-state index in [1.807, 2.05) is 29.6 Å². The highest BCUT2D eigenvalue weighted by Crippen LogP contribution is 2.27. The second kappa shape index (κ2) is 8.30. The molecule has 3 aromatic rings. The maximum Gasteiger partial charge on any atom is 0.159 e. The summed E-state index contributed by atoms with van der Waals surface area (Å²) in [7, 11) is 1.63. The van der Waals surface area contributed by atoms with Crippen molar-refractivity contribution in [3.63, 3.8) is 0 Å². The lowest BCUT2D eigenvalue weighted by atomic mass is 10.1. The van der Waals surface area contributed by atoms with Gasteiger partial charge in [0.15, 0.2) is 5.78 Å². The molecule has 0 bridgehead atoms. The Morgan fingerprint density at radius 2 is 1.89 bits per heavy atom. The summed E-state index contributed by atoms with van der Waals surface area (Å²) in [5.41, 5.74) is 3.65. The molecule has 0 aliphatic heterocycles. The van der Waals surface area contributed by atoms with Crippen LogP contribution < -0.4 is 10.1 Å². The number of ether oxygens (including phenoxy) is 1. The number of carbonyl (C=O) groups excluding carboxylic acids is 1. The van der Waals surface area contributed by atoms with Gasteiger partial charge in [-0.1, -0.05) is 0 Å². The first-order chi connectivity index (χ1) is 13.1. The number of allylic oxidation sites excluding steroid dienone is 1. The number of Topliss-reactive ketones (excluding diaryl/α,β-unsaturated/α-hetero) is 1. The molecular formula is C21H17N3O2S. The molecule has 0 unspecified atom stereocenters. The summed E-state index contributed by atoms with van der Waals surface area (Å²) in [6.07, 6.45) is 1.62. The van der Waals surface area contributed by atoms with Crippen molar-refractivity contribution in [2.45, 2.75) is 6.92 Å². The maximum atomic E-state index is 11.3. The molecule has 1 heterocycles. The van der Waals surface area contributed by atoms with E-state index in [-0.39, 0.29) is 5.78 Å². The fourth-order valence-corrected chi connectivity index (χ4v) is 3.18. The highest BCUT2D eigenvalue weighted by molar-refractivity contribution is 7.11. The molecular weight excluding hydrogens is 358 g/mol. The molecule has 5 nitrogen and oxygen atoms in total. The molecule has 0 aliphatic rings. The van der Waals surface area contributed by atoms with E-state index >= 15 is 0 Å². The van der Waals surface area contributed by atoms with Crippen LogP contribution >= 0.6 is 11.3 Å². The Morgan fingerprint density at radius 3 is 2.48 bits per heavy atom. The number of rotatable bonds is 6. The molecule has 1 aromatic heterocycles. The summed E-state index contributed by atoms with van der Waals surface area (Å²) < 4.78 is 5.16. The number of aromatic nitrogens is 1. The van der Waals surface area contributed by atoms with Crippen molar-refractivity contribution in [2.75, 3.05) is 12.4 Å². The zero-order chi connectivity index (χ0) is 19.2. The molecule has 1 N–H and O–H groups in total. The van der Waals surface area contributed by atoms with E-state index in [0.29, 0.717) is 16.1 Å². The SMILES string of the molecule is COc1ccc(-c2csc(C(C#N)=CNc3ccc(C(C)=O)cc3)n2)cc1. The lowest BCUT2D eigenvalue weighted by Crippen LogP contribution is -1.94. The fraction of sp³-hybridized carbons (Fsp3) is 0.0952. The molecule has 2 aromatic carbocycles. The van der Waals surface area contributed by atoms with Gasteiger partial charge in [0.2, 0.25) is 0 Å². The smallest absolute Gasteiger partial charge is 0.159 e. The van der Waals surface area contributed by atoms with E-state index in [4.69, 9.17) is 4.74 Å². The van der Waals surface area contributed by atoms with Crippen LogP contribution in [0.2, 0.25) is 0 Å². The Hall–Kier alpha value is -3.43. The minimum atomic E-state index is 0.0173. The molecule has 0 fully saturated rings. The van der Waals surface area contributed by atoms with Crippen molar-refractivity contribution in [1.82, 2.24) is 4.98 Å². The molecule has 0 saturated carbocycles. The van der Waals surface area contributed by atoms with Gasteiger partial charge in [0.05, 0.1) is 12.8 Å². The third kappa shape index (κ3) is 4.40. The van der Waals surface area contributed by atoms with Crippen LogP contribution in [0.25, 0.3) is 16.8 Å². The number of hydrogen-bond acceptors (Lipinski definition) is 6. The van der Waals surface area contributed by atoms with Gasteiger partial charge in [0.25, 0.3) is 0 Å². The van der Waals surface area contributed by atoms with Crippen molar-refractivity contribution in [3.05, 3.63) is 70.7 Å². The molecule has 0 aliphatic carbocycles. The van der Waals surface area contributed by atoms with Crippen molar-refractivity contribution in [3.8, 4) is 23.1 Å². The second-order valence-electron chi connectivity index (χ2n) is 5.71. The number of thiazole rings is 1. The number of methoxy groups -OCH3 is 1. The molecule has 0 saturated heterocycles. The monoisotopic (exact) mass is 375 g/mol. The standard InChI is InChI=1S/C21H17N3O2S/c1-14(25)15-3-7-18(8-4-15)23-12-17(11-22)21-24-20(13-27-21)16-5-9-19(26-2)10-6-16/h3-10,12-13,23H,1-2H3. The number of nitrogens with one attached hydrogen (secondary N) is 1. The van der Waals surface area contributed by atoms with Crippen molar-refractivity contribution in [1.29, 1.82) is 5.26 Å². The second-order valence-corrected chi connectivity index (χ2v) is 6.57. The lowest BCUT2D eigenvalue weighted by Gasteiger charge is -2.02. The van der Waals surface area contributed by atoms with E-state index in [1.165, 1.54) is 18.3 Å². The van der Waals surface area contributed by atoms with Crippen LogP contribution in [0.15, 0.2) is 60.1 Å². The predicted octanol–water partition coefficient (Wildman–Crippen LogP) is 5.00. The van der Waals surface area contributed by atoms with Gasteiger partial charge in [0, 0.05) is 28.4 Å². The lowest BCUT2D eigenvalue weighted by molar-refractivity contribution is 0.101. The highest BCUT2D eigenvalue weighted by atomic mass is 32.1. The number of benzene rings is 2. The topological polar surface area (TPSA) is 75.0 Å². The summed E-state index contributed by atoms with van der Waals surface area (Å²) in [4.78, 5) is 15.9. The first-order valence-corrected chi connectivity index (χ1v) is 9.07. The molecule has 27 heavy (non-hydrogen) atoms. The Morgan fingerprint density at radius 1 is 1.19 bits per heavy atom. The van der Waals surface area contributed by atoms with Crippen molar-refractivity contribution >= 4 is 28.4 Å². The van der Waals surface area contributed by atoms with Crippen molar-refractivity contribution < 1.29 is 9.53 Å². The third-order valence-corrected chi connectivity index (χ3v) is 4.79. The molecule has 6 heteroatoms. The van der Waals surface area contributed by atoms with E-state index in [2.05, 4.69) is 16.4 Å². The Balaban J connectivity index is 1.77. The largest absolute Gasteiger partial charge is 0.497 e. The van der Waals surface area contributed by atoms with E-state index in [0.717, 1.165) is 22.7 Å². The molecule has 3 rings (SSSR count). The zero-order valence-electron chi connectivity index (χ0n) is 14.9. The van der Waals surface area contributed by atoms with Crippen LogP contribution in [0.4, 0.5) is 5.69 Å². The number of anilines is 1. The summed E-state index contributed by atoms with van der Waals surface area (Å²) >= 11 is 1.41. The molecule has 0 radical (unpaired) electrons. The van der Waals surface area contributed by atoms with Gasteiger partial charge >= 0.3 is 0 Å². The number of nitriles is 1. The quantitative estimate of drug-likeness (QED) is 0.485. The average molecular weight is 375 g/mol. The normalized spacial score (nSPS) is 10.9. The minimum absolute atomic E-state index is 0.0173. The minimum Gasteiger partial charge on any atom is -0.497 e. The number of hydrogen-bond donors (Lipinski definition) is 1. The van der Waals surface area contributed by atoms with Gasteiger partial charge in [-0.25, -0.2) is 4.98 Å². The Labute approximate surface area is 161 Å². The molecule has 134 valence electrons. The summed E-state index contributed by atoms with van der Waals surface area (Å²) in [5, 5.41) is 15.1. The highest BCUT2D eigenvalue weighted by Gasteiger charge is 2.09. The van der Waals surface area contributed by atoms with Crippen LogP contribution in [-0.4, -0.2) is 17.9 Å². The first-order valence-electron chi connectivity index (χ1n) is 8.19. The number of nitrogens with zero attached hydrogens (tertiary/aromatic N) is 2. The fourth-order valence-electron chi connectivity index (χ4n) is 2.39. The maximum absolute atomic E-state index is 11.3. The van der Waals surface area contributed by atoms with Gasteiger partial charge in [0.1, 0.15) is 22.4 Å². The van der Waals surface area contributed by atoms with Crippen LogP contribution in [-0.2, 0) is 0 Å². The first kappa shape index (κ1) is 18.4. The number of ketones is 1. The van der Waals surface area contributed by atoms with Gasteiger partial charge in [-0.2, -0.15) is 5.26 Å². The van der Waals surface area contributed by atoms with Crippen LogP contribution in [0.3, 0.4) is 0 Å². The van der Waals surface area contributed by atoms with Crippen molar-refractivity contribution in [2.24, 2.45) is 0 Å². The summed E-state index contributed by atoms with van der Waals surface area (Å²) in [6.45, 7) is 1.53. The third-order valence-electron chi connectivity index (χ3n) is 3.92. The van der Waals surface area contributed by atoms with Gasteiger partial charge in [-0.15, -0.1) is 11.3 Å². The van der Waals surface area contributed by atoms with E-state index < -0.39 is 0 Å². The molecule has 0 atom stereocenters. The van der Waals surface area contributed by atoms with Gasteiger partial charge < -0.3 is 10.1 Å². The molecule has 0 spiro atoms. The van der Waals surface area contributed by atoms with E-state index in [9.17, 15) is 10.1 Å². The van der Waals surface area contributed by atoms with Crippen LogP contribution in [0.1, 0.15) is 22.3 Å². The Bertz CT molecular complexity index is 1010. The van der Waals surface area contributed by atoms with Crippen LogP contribution in [0, 0.1) is 11.3 Å². The Kier molecular flexibility index (Phi) is 5.64. The zero-order valence-corrected chi connectivity index (χ0v) is 15.7. The van der Waals surface area contributed by atoms with Crippen LogP contribution in [0.5, 0.6) is 5.75 Å². The predicted molar refractivity (Wildman–Crippen MR) is 108 cm³/mol. The molecule has 0 amide bonds. The van der Waals surface area contributed by atoms with Gasteiger partial charge in [-0.05, 0) is 55.5 Å². The summed E-state index contributed by atoms with van der Waals surface area (Å²) in [5.74, 6) is 0.801. The van der Waals surface area contributed by atoms with Gasteiger partial charge in [-0.3, -0.25) is 4.79 Å². The number of carbonyl (C=O) groups is 1. The van der Waals surface area contributed by atoms with E-state index in [1.54, 1.807) is 37.6 Å². The summed E-state index contributed by atoms with van der Waals surface area (Å²) in [6, 6.07) is 16.9.